The van der Waals surface area contributed by atoms with E-state index in [9.17, 15) is 15.0 Å². The Bertz CT molecular complexity index is 996. The molecule has 0 radical (unpaired) electrons. The molecule has 0 saturated carbocycles. The molecule has 0 aliphatic heterocycles. The van der Waals surface area contributed by atoms with Crippen molar-refractivity contribution in [2.45, 2.75) is 84.3 Å². The number of aryl methyl sites for hydroxylation is 2. The van der Waals surface area contributed by atoms with Gasteiger partial charge in [-0.3, -0.25) is 4.79 Å². The minimum atomic E-state index is -0.924. The molecule has 2 aromatic rings. The molecule has 34 heavy (non-hydrogen) atoms. The number of aliphatic hydroxyl groups is 2. The molecule has 0 heterocycles. The second-order valence-corrected chi connectivity index (χ2v) is 9.73. The van der Waals surface area contributed by atoms with Gasteiger partial charge in [0.05, 0.1) is 11.7 Å². The maximum atomic E-state index is 10.7. The summed E-state index contributed by atoms with van der Waals surface area (Å²) in [6.45, 7) is 12.1. The maximum Gasteiger partial charge on any atom is 0.303 e. The van der Waals surface area contributed by atoms with E-state index in [2.05, 4.69) is 51.1 Å². The molecule has 2 aromatic carbocycles. The molecule has 0 spiro atoms. The summed E-state index contributed by atoms with van der Waals surface area (Å²) in [6, 6.07) is 12.7. The van der Waals surface area contributed by atoms with E-state index in [-0.39, 0.29) is 24.9 Å². The summed E-state index contributed by atoms with van der Waals surface area (Å²) in [6.07, 6.45) is 4.94. The van der Waals surface area contributed by atoms with Gasteiger partial charge in [-0.25, -0.2) is 0 Å². The summed E-state index contributed by atoms with van der Waals surface area (Å²) in [5, 5.41) is 28.8. The summed E-state index contributed by atoms with van der Waals surface area (Å²) in [5.41, 5.74) is 4.71. The van der Waals surface area contributed by atoms with Gasteiger partial charge in [0.1, 0.15) is 12.4 Å². The zero-order valence-corrected chi connectivity index (χ0v) is 21.4. The van der Waals surface area contributed by atoms with Crippen molar-refractivity contribution in [1.82, 2.24) is 0 Å². The van der Waals surface area contributed by atoms with Crippen LogP contribution in [0.1, 0.15) is 81.2 Å². The van der Waals surface area contributed by atoms with E-state index in [1.165, 1.54) is 11.1 Å². The lowest BCUT2D eigenvalue weighted by Crippen LogP contribution is -2.26. The highest BCUT2D eigenvalue weighted by Gasteiger charge is 2.31. The van der Waals surface area contributed by atoms with Gasteiger partial charge in [-0.05, 0) is 80.8 Å². The van der Waals surface area contributed by atoms with Crippen LogP contribution < -0.4 is 4.74 Å². The second kappa shape index (κ2) is 11.7. The number of hydrogen-bond acceptors (Lipinski definition) is 4. The topological polar surface area (TPSA) is 87.0 Å². The van der Waals surface area contributed by atoms with Crippen molar-refractivity contribution >= 4 is 12.0 Å². The molecule has 0 amide bonds. The van der Waals surface area contributed by atoms with Crippen LogP contribution in [0.5, 0.6) is 5.75 Å². The van der Waals surface area contributed by atoms with Gasteiger partial charge in [-0.1, -0.05) is 56.3 Å². The van der Waals surface area contributed by atoms with Crippen LogP contribution in [0.4, 0.5) is 0 Å². The van der Waals surface area contributed by atoms with Gasteiger partial charge in [0.15, 0.2) is 0 Å². The van der Waals surface area contributed by atoms with E-state index in [4.69, 9.17) is 9.84 Å². The van der Waals surface area contributed by atoms with E-state index in [1.807, 2.05) is 25.1 Å². The third-order valence-electron chi connectivity index (χ3n) is 6.55. The lowest BCUT2D eigenvalue weighted by molar-refractivity contribution is -0.137. The summed E-state index contributed by atoms with van der Waals surface area (Å²) in [7, 11) is 0. The first-order valence-electron chi connectivity index (χ1n) is 12.1. The Labute approximate surface area is 204 Å². The highest BCUT2D eigenvalue weighted by atomic mass is 16.5. The number of carboxylic acids is 1. The van der Waals surface area contributed by atoms with E-state index >= 15 is 0 Å². The maximum absolute atomic E-state index is 10.7. The number of ether oxygens (including phenoxy) is 1. The number of aliphatic hydroxyl groups excluding tert-OH is 1. The van der Waals surface area contributed by atoms with Gasteiger partial charge in [-0.15, -0.1) is 0 Å². The molecular formula is C29H40O5. The van der Waals surface area contributed by atoms with Crippen LogP contribution in [0.15, 0.2) is 42.5 Å². The van der Waals surface area contributed by atoms with E-state index in [1.54, 1.807) is 13.8 Å². The van der Waals surface area contributed by atoms with Crippen LogP contribution in [0.2, 0.25) is 0 Å². The highest BCUT2D eigenvalue weighted by Crippen LogP contribution is 2.41. The lowest BCUT2D eigenvalue weighted by Gasteiger charge is -2.34. The van der Waals surface area contributed by atoms with Crippen molar-refractivity contribution in [2.24, 2.45) is 0 Å². The monoisotopic (exact) mass is 468 g/mol. The van der Waals surface area contributed by atoms with E-state index in [0.29, 0.717) is 5.75 Å². The van der Waals surface area contributed by atoms with Gasteiger partial charge in [0.2, 0.25) is 0 Å². The Hall–Kier alpha value is -2.63. The molecule has 5 heteroatoms. The molecule has 1 atom stereocenters. The fourth-order valence-electron chi connectivity index (χ4n) is 4.36. The fourth-order valence-corrected chi connectivity index (χ4v) is 4.36. The summed E-state index contributed by atoms with van der Waals surface area (Å²) < 4.78 is 5.79. The molecule has 186 valence electrons. The average molecular weight is 469 g/mol. The van der Waals surface area contributed by atoms with Crippen molar-refractivity contribution in [3.63, 3.8) is 0 Å². The Kier molecular flexibility index (Phi) is 9.48. The van der Waals surface area contributed by atoms with Crippen LogP contribution in [0.3, 0.4) is 0 Å². The standard InChI is InChI=1S/C29H40O5/c1-7-29(8-2,23-10-9-22(20(3)17-23)15-16-28(5,6)33)24-11-13-26(21(4)18-24)34-19-25(30)12-14-27(31)32/h9-11,13,15-18,25,30,33H,7-8,12,14,19H2,1-6H3,(H,31,32)/b16-15+/t25-/m1/s1. The largest absolute Gasteiger partial charge is 0.491 e. The Balaban J connectivity index is 2.30. The quantitative estimate of drug-likeness (QED) is 0.367. The molecule has 0 fully saturated rings. The Morgan fingerprint density at radius 3 is 2.12 bits per heavy atom. The molecule has 3 N–H and O–H groups in total. The SMILES string of the molecule is CCC(CC)(c1ccc(/C=C/C(C)(C)O)c(C)c1)c1ccc(OC[C@H](O)CCC(=O)O)c(C)c1. The molecule has 0 aliphatic rings. The van der Waals surface area contributed by atoms with Gasteiger partial charge in [-0.2, -0.15) is 0 Å². The van der Waals surface area contributed by atoms with Crippen LogP contribution in [0, 0.1) is 13.8 Å². The zero-order chi connectivity index (χ0) is 25.5. The van der Waals surface area contributed by atoms with E-state index in [0.717, 1.165) is 29.5 Å². The number of rotatable bonds is 12. The molecular weight excluding hydrogens is 428 g/mol. The Morgan fingerprint density at radius 1 is 1.03 bits per heavy atom. The molecule has 5 nitrogen and oxygen atoms in total. The molecule has 0 bridgehead atoms. The first-order chi connectivity index (χ1) is 15.9. The van der Waals surface area contributed by atoms with Crippen LogP contribution >= 0.6 is 0 Å². The van der Waals surface area contributed by atoms with Crippen molar-refractivity contribution < 1.29 is 24.9 Å². The molecule has 0 aliphatic carbocycles. The number of carbonyl (C=O) groups is 1. The van der Waals surface area contributed by atoms with E-state index < -0.39 is 17.7 Å². The number of benzene rings is 2. The highest BCUT2D eigenvalue weighted by molar-refractivity contribution is 5.66. The molecule has 0 aromatic heterocycles. The normalized spacial score (nSPS) is 13.3. The van der Waals surface area contributed by atoms with Crippen molar-refractivity contribution in [3.8, 4) is 5.75 Å². The number of hydrogen-bond donors (Lipinski definition) is 3. The van der Waals surface area contributed by atoms with Gasteiger partial charge >= 0.3 is 5.97 Å². The van der Waals surface area contributed by atoms with Gasteiger partial charge in [0.25, 0.3) is 0 Å². The Morgan fingerprint density at radius 2 is 1.62 bits per heavy atom. The number of aliphatic carboxylic acids is 1. The van der Waals surface area contributed by atoms with Crippen molar-refractivity contribution in [1.29, 1.82) is 0 Å². The fraction of sp³-hybridized carbons (Fsp3) is 0.483. The van der Waals surface area contributed by atoms with Crippen LogP contribution in [-0.4, -0.2) is 39.6 Å². The van der Waals surface area contributed by atoms with Gasteiger partial charge in [0, 0.05) is 11.8 Å². The minimum absolute atomic E-state index is 0.0684. The summed E-state index contributed by atoms with van der Waals surface area (Å²) in [5.74, 6) is -0.228. The van der Waals surface area contributed by atoms with Crippen molar-refractivity contribution in [3.05, 3.63) is 70.3 Å². The predicted octanol–water partition coefficient (Wildman–Crippen LogP) is 5.80. The summed E-state index contributed by atoms with van der Waals surface area (Å²) >= 11 is 0. The van der Waals surface area contributed by atoms with Crippen LogP contribution in [0.25, 0.3) is 6.08 Å². The molecule has 2 rings (SSSR count). The zero-order valence-electron chi connectivity index (χ0n) is 21.4. The third-order valence-corrected chi connectivity index (χ3v) is 6.55. The second-order valence-electron chi connectivity index (χ2n) is 9.73. The number of carboxylic acid groups (broad SMARTS) is 1. The van der Waals surface area contributed by atoms with Gasteiger partial charge < -0.3 is 20.1 Å². The molecule has 0 saturated heterocycles. The minimum Gasteiger partial charge on any atom is -0.491 e. The molecule has 0 unspecified atom stereocenters. The lowest BCUT2D eigenvalue weighted by atomic mass is 9.70. The first-order valence-corrected chi connectivity index (χ1v) is 12.1. The smallest absolute Gasteiger partial charge is 0.303 e. The third kappa shape index (κ3) is 7.18. The van der Waals surface area contributed by atoms with Crippen molar-refractivity contribution in [2.75, 3.05) is 6.61 Å². The van der Waals surface area contributed by atoms with Crippen LogP contribution in [-0.2, 0) is 10.2 Å². The summed E-state index contributed by atoms with van der Waals surface area (Å²) in [4.78, 5) is 10.7. The first kappa shape index (κ1) is 27.6. The average Bonchev–Trinajstić information content (AvgIpc) is 2.77. The predicted molar refractivity (Wildman–Crippen MR) is 137 cm³/mol.